The molecule has 2 aromatic rings. The fraction of sp³-hybridized carbons (Fsp3) is 0.565. The third kappa shape index (κ3) is 8.07. The summed E-state index contributed by atoms with van der Waals surface area (Å²) >= 11 is 0. The first-order chi connectivity index (χ1) is 14.5. The van der Waals surface area contributed by atoms with Crippen LogP contribution in [0.3, 0.4) is 0 Å². The van der Waals surface area contributed by atoms with Crippen LogP contribution in [-0.2, 0) is 13.1 Å². The quantitative estimate of drug-likeness (QED) is 0.291. The topological polar surface area (TPSA) is 65.7 Å². The van der Waals surface area contributed by atoms with Crippen molar-refractivity contribution in [1.82, 2.24) is 20.7 Å². The molecule has 6 nitrogen and oxygen atoms in total. The largest absolute Gasteiger partial charge is 0.359 e. The molecule has 3 rings (SSSR count). The number of guanidine groups is 1. The standard InChI is InChI=1S/C23H34FN5O.HI/c1-4-25-23(27-15-20-13-22(17(2)3)28-30-20)26-14-18-9-11-29(12-10-18)16-19-7-5-6-8-21(19)24;/h5-8,13,17-18H,4,9-12,14-16H2,1-3H3,(H2,25,26,27);1H. The zero-order valence-corrected chi connectivity index (χ0v) is 21.1. The van der Waals surface area contributed by atoms with E-state index in [-0.39, 0.29) is 29.8 Å². The second-order valence-corrected chi connectivity index (χ2v) is 8.26. The number of hydrogen-bond acceptors (Lipinski definition) is 4. The van der Waals surface area contributed by atoms with E-state index in [1.165, 1.54) is 6.07 Å². The molecule has 1 aliphatic heterocycles. The number of nitrogens with zero attached hydrogens (tertiary/aromatic N) is 3. The smallest absolute Gasteiger partial charge is 0.191 e. The highest BCUT2D eigenvalue weighted by molar-refractivity contribution is 14.0. The maximum absolute atomic E-state index is 13.9. The molecule has 1 aromatic heterocycles. The van der Waals surface area contributed by atoms with Crippen molar-refractivity contribution in [2.75, 3.05) is 26.2 Å². The Kier molecular flexibility index (Phi) is 10.7. The van der Waals surface area contributed by atoms with Crippen molar-refractivity contribution in [1.29, 1.82) is 0 Å². The molecule has 1 aromatic carbocycles. The number of hydrogen-bond donors (Lipinski definition) is 2. The molecule has 0 aliphatic carbocycles. The number of halogens is 2. The fourth-order valence-electron chi connectivity index (χ4n) is 3.63. The molecule has 0 spiro atoms. The zero-order chi connectivity index (χ0) is 21.3. The van der Waals surface area contributed by atoms with Crippen LogP contribution in [0.2, 0.25) is 0 Å². The van der Waals surface area contributed by atoms with Crippen LogP contribution in [0.5, 0.6) is 0 Å². The minimum absolute atomic E-state index is 0. The molecule has 1 saturated heterocycles. The highest BCUT2D eigenvalue weighted by Crippen LogP contribution is 2.19. The van der Waals surface area contributed by atoms with Gasteiger partial charge < -0.3 is 15.2 Å². The van der Waals surface area contributed by atoms with Gasteiger partial charge in [-0.15, -0.1) is 24.0 Å². The fourth-order valence-corrected chi connectivity index (χ4v) is 3.63. The number of likely N-dealkylation sites (tertiary alicyclic amines) is 1. The molecule has 172 valence electrons. The Morgan fingerprint density at radius 3 is 2.65 bits per heavy atom. The van der Waals surface area contributed by atoms with Gasteiger partial charge in [-0.25, -0.2) is 9.38 Å². The second kappa shape index (κ2) is 13.0. The number of aliphatic imine (C=N–C) groups is 1. The number of benzene rings is 1. The Morgan fingerprint density at radius 2 is 2.00 bits per heavy atom. The Bertz CT molecular complexity index is 818. The average Bonchev–Trinajstić information content (AvgIpc) is 3.22. The summed E-state index contributed by atoms with van der Waals surface area (Å²) in [5, 5.41) is 10.8. The van der Waals surface area contributed by atoms with E-state index in [2.05, 4.69) is 46.5 Å². The lowest BCUT2D eigenvalue weighted by Crippen LogP contribution is -2.42. The lowest BCUT2D eigenvalue weighted by Gasteiger charge is -2.32. The van der Waals surface area contributed by atoms with Crippen molar-refractivity contribution in [3.63, 3.8) is 0 Å². The molecule has 31 heavy (non-hydrogen) atoms. The van der Waals surface area contributed by atoms with E-state index in [1.54, 1.807) is 6.07 Å². The van der Waals surface area contributed by atoms with Crippen molar-refractivity contribution in [3.05, 3.63) is 53.2 Å². The molecule has 1 aliphatic rings. The summed E-state index contributed by atoms with van der Waals surface area (Å²) in [6, 6.07) is 9.03. The van der Waals surface area contributed by atoms with E-state index in [9.17, 15) is 4.39 Å². The Labute approximate surface area is 202 Å². The van der Waals surface area contributed by atoms with Gasteiger partial charge in [-0.1, -0.05) is 37.2 Å². The summed E-state index contributed by atoms with van der Waals surface area (Å²) in [5.41, 5.74) is 1.74. The van der Waals surface area contributed by atoms with Crippen LogP contribution in [0.15, 0.2) is 39.8 Å². The van der Waals surface area contributed by atoms with Crippen molar-refractivity contribution in [2.45, 2.75) is 52.6 Å². The van der Waals surface area contributed by atoms with Gasteiger partial charge in [0, 0.05) is 31.3 Å². The summed E-state index contributed by atoms with van der Waals surface area (Å²) in [7, 11) is 0. The molecule has 0 radical (unpaired) electrons. The zero-order valence-electron chi connectivity index (χ0n) is 18.7. The second-order valence-electron chi connectivity index (χ2n) is 8.26. The van der Waals surface area contributed by atoms with Gasteiger partial charge in [0.1, 0.15) is 12.4 Å². The first-order valence-corrected chi connectivity index (χ1v) is 11.0. The third-order valence-electron chi connectivity index (χ3n) is 5.52. The van der Waals surface area contributed by atoms with Gasteiger partial charge in [0.2, 0.25) is 0 Å². The van der Waals surface area contributed by atoms with E-state index in [1.807, 2.05) is 18.2 Å². The molecule has 8 heteroatoms. The summed E-state index contributed by atoms with van der Waals surface area (Å²) < 4.78 is 19.2. The molecule has 2 N–H and O–H groups in total. The van der Waals surface area contributed by atoms with Crippen LogP contribution in [0, 0.1) is 11.7 Å². The molecule has 0 bridgehead atoms. The highest BCUT2D eigenvalue weighted by atomic mass is 127. The lowest BCUT2D eigenvalue weighted by atomic mass is 9.96. The van der Waals surface area contributed by atoms with Crippen molar-refractivity contribution < 1.29 is 8.91 Å². The van der Waals surface area contributed by atoms with Gasteiger partial charge in [0.15, 0.2) is 11.7 Å². The van der Waals surface area contributed by atoms with Gasteiger partial charge in [0.05, 0.1) is 5.69 Å². The summed E-state index contributed by atoms with van der Waals surface area (Å²) in [4.78, 5) is 6.97. The highest BCUT2D eigenvalue weighted by Gasteiger charge is 2.20. The summed E-state index contributed by atoms with van der Waals surface area (Å²) in [6.07, 6.45) is 2.20. The van der Waals surface area contributed by atoms with Crippen LogP contribution in [0.25, 0.3) is 0 Å². The first kappa shape index (κ1) is 25.6. The van der Waals surface area contributed by atoms with Crippen molar-refractivity contribution in [2.24, 2.45) is 10.9 Å². The van der Waals surface area contributed by atoms with Crippen LogP contribution >= 0.6 is 24.0 Å². The van der Waals surface area contributed by atoms with Crippen LogP contribution in [0.4, 0.5) is 4.39 Å². The molecular formula is C23H35FIN5O. The van der Waals surface area contributed by atoms with Gasteiger partial charge in [-0.2, -0.15) is 0 Å². The minimum Gasteiger partial charge on any atom is -0.359 e. The van der Waals surface area contributed by atoms with Crippen LogP contribution in [0.1, 0.15) is 56.5 Å². The van der Waals surface area contributed by atoms with Crippen molar-refractivity contribution >= 4 is 29.9 Å². The van der Waals surface area contributed by atoms with E-state index in [0.717, 1.165) is 62.0 Å². The van der Waals surface area contributed by atoms with E-state index >= 15 is 0 Å². The monoisotopic (exact) mass is 543 g/mol. The summed E-state index contributed by atoms with van der Waals surface area (Å²) in [6.45, 7) is 11.1. The summed E-state index contributed by atoms with van der Waals surface area (Å²) in [5.74, 6) is 2.40. The molecule has 1 fully saturated rings. The normalized spacial score (nSPS) is 15.7. The number of piperidine rings is 1. The maximum Gasteiger partial charge on any atom is 0.191 e. The lowest BCUT2D eigenvalue weighted by molar-refractivity contribution is 0.176. The molecule has 0 atom stereocenters. The molecule has 0 unspecified atom stereocenters. The van der Waals surface area contributed by atoms with E-state index in [0.29, 0.717) is 24.9 Å². The Balaban J connectivity index is 0.00000341. The number of nitrogens with one attached hydrogen (secondary N) is 2. The average molecular weight is 543 g/mol. The van der Waals surface area contributed by atoms with E-state index in [4.69, 9.17) is 4.52 Å². The van der Waals surface area contributed by atoms with Crippen LogP contribution in [-0.4, -0.2) is 42.2 Å². The number of rotatable bonds is 8. The predicted octanol–water partition coefficient (Wildman–Crippen LogP) is 4.52. The van der Waals surface area contributed by atoms with Gasteiger partial charge in [-0.3, -0.25) is 4.90 Å². The van der Waals surface area contributed by atoms with E-state index < -0.39 is 0 Å². The predicted molar refractivity (Wildman–Crippen MR) is 133 cm³/mol. The number of aromatic nitrogens is 1. The molecule has 2 heterocycles. The Hall–Kier alpha value is -1.68. The minimum atomic E-state index is -0.111. The molecular weight excluding hydrogens is 508 g/mol. The van der Waals surface area contributed by atoms with Crippen molar-refractivity contribution in [3.8, 4) is 0 Å². The van der Waals surface area contributed by atoms with Gasteiger partial charge >= 0.3 is 0 Å². The molecule has 0 saturated carbocycles. The maximum atomic E-state index is 13.9. The van der Waals surface area contributed by atoms with Gasteiger partial charge in [0.25, 0.3) is 0 Å². The molecule has 0 amide bonds. The first-order valence-electron chi connectivity index (χ1n) is 11.0. The van der Waals surface area contributed by atoms with Gasteiger partial charge in [-0.05, 0) is 50.8 Å². The third-order valence-corrected chi connectivity index (χ3v) is 5.52. The van der Waals surface area contributed by atoms with Crippen LogP contribution < -0.4 is 10.6 Å². The SMILES string of the molecule is CCNC(=NCc1cc(C(C)C)no1)NCC1CCN(Cc2ccccc2F)CC1.I. The Morgan fingerprint density at radius 1 is 1.26 bits per heavy atom.